The SMILES string of the molecule is CC1CC(C)CC(Oc2ccc(C#N)c([N+](=O)[O-])c2)C1. The maximum atomic E-state index is 10.9. The minimum atomic E-state index is -0.544. The van der Waals surface area contributed by atoms with Crippen LogP contribution in [-0.2, 0) is 0 Å². The number of nitrogens with zero attached hydrogens (tertiary/aromatic N) is 2. The first-order valence-electron chi connectivity index (χ1n) is 6.84. The van der Waals surface area contributed by atoms with E-state index < -0.39 is 4.92 Å². The van der Waals surface area contributed by atoms with Crippen molar-refractivity contribution in [3.63, 3.8) is 0 Å². The minimum Gasteiger partial charge on any atom is -0.490 e. The van der Waals surface area contributed by atoms with E-state index in [9.17, 15) is 10.1 Å². The average Bonchev–Trinajstić information content (AvgIpc) is 2.37. The number of hydrogen-bond donors (Lipinski definition) is 0. The molecule has 20 heavy (non-hydrogen) atoms. The molecule has 2 rings (SSSR count). The van der Waals surface area contributed by atoms with Crippen molar-refractivity contribution in [1.82, 2.24) is 0 Å². The summed E-state index contributed by atoms with van der Waals surface area (Å²) in [6.45, 7) is 4.40. The van der Waals surface area contributed by atoms with Crippen molar-refractivity contribution in [1.29, 1.82) is 5.26 Å². The molecular formula is C15H18N2O3. The third-order valence-corrected chi connectivity index (χ3v) is 3.72. The Bertz CT molecular complexity index is 541. The highest BCUT2D eigenvalue weighted by Crippen LogP contribution is 2.32. The van der Waals surface area contributed by atoms with Crippen LogP contribution >= 0.6 is 0 Å². The zero-order valence-corrected chi connectivity index (χ0v) is 11.7. The van der Waals surface area contributed by atoms with Gasteiger partial charge in [0.1, 0.15) is 17.4 Å². The van der Waals surface area contributed by atoms with Gasteiger partial charge in [-0.15, -0.1) is 0 Å². The number of benzene rings is 1. The molecule has 0 amide bonds. The van der Waals surface area contributed by atoms with Gasteiger partial charge in [-0.05, 0) is 43.2 Å². The van der Waals surface area contributed by atoms with Crippen molar-refractivity contribution in [2.24, 2.45) is 11.8 Å². The van der Waals surface area contributed by atoms with Gasteiger partial charge in [-0.3, -0.25) is 10.1 Å². The Morgan fingerprint density at radius 1 is 1.30 bits per heavy atom. The molecule has 2 atom stereocenters. The van der Waals surface area contributed by atoms with E-state index in [2.05, 4.69) is 13.8 Å². The van der Waals surface area contributed by atoms with Gasteiger partial charge in [-0.25, -0.2) is 0 Å². The Morgan fingerprint density at radius 3 is 2.50 bits per heavy atom. The lowest BCUT2D eigenvalue weighted by Gasteiger charge is -2.31. The zero-order chi connectivity index (χ0) is 14.7. The van der Waals surface area contributed by atoms with E-state index in [0.717, 1.165) is 12.8 Å². The number of nitro benzene ring substituents is 1. The standard InChI is InChI=1S/C15H18N2O3/c1-10-5-11(2)7-14(6-10)20-13-4-3-12(9-16)15(8-13)17(18)19/h3-4,8,10-11,14H,5-7H2,1-2H3. The van der Waals surface area contributed by atoms with Crippen LogP contribution in [0.1, 0.15) is 38.7 Å². The first-order valence-corrected chi connectivity index (χ1v) is 6.84. The molecule has 0 aromatic heterocycles. The fourth-order valence-corrected chi connectivity index (χ4v) is 2.99. The minimum absolute atomic E-state index is 0.0627. The molecule has 0 N–H and O–H groups in total. The van der Waals surface area contributed by atoms with E-state index in [0.29, 0.717) is 17.6 Å². The summed E-state index contributed by atoms with van der Waals surface area (Å²) in [6, 6.07) is 6.26. The molecule has 0 aliphatic heterocycles. The maximum absolute atomic E-state index is 10.9. The van der Waals surface area contributed by atoms with Crippen LogP contribution in [0.15, 0.2) is 18.2 Å². The lowest BCUT2D eigenvalue weighted by atomic mass is 9.82. The first kappa shape index (κ1) is 14.3. The van der Waals surface area contributed by atoms with Gasteiger partial charge in [0.25, 0.3) is 5.69 Å². The van der Waals surface area contributed by atoms with Crippen LogP contribution in [0.25, 0.3) is 0 Å². The summed E-state index contributed by atoms with van der Waals surface area (Å²) in [4.78, 5) is 10.4. The lowest BCUT2D eigenvalue weighted by Crippen LogP contribution is -2.28. The van der Waals surface area contributed by atoms with Gasteiger partial charge in [0.15, 0.2) is 0 Å². The summed E-state index contributed by atoms with van der Waals surface area (Å²) >= 11 is 0. The van der Waals surface area contributed by atoms with Gasteiger partial charge >= 0.3 is 0 Å². The second-order valence-corrected chi connectivity index (χ2v) is 5.71. The molecule has 0 radical (unpaired) electrons. The van der Waals surface area contributed by atoms with Crippen molar-refractivity contribution in [2.75, 3.05) is 0 Å². The Balaban J connectivity index is 2.16. The first-order chi connectivity index (χ1) is 9.49. The summed E-state index contributed by atoms with van der Waals surface area (Å²) in [5.41, 5.74) is -0.130. The van der Waals surface area contributed by atoms with E-state index >= 15 is 0 Å². The second-order valence-electron chi connectivity index (χ2n) is 5.71. The highest BCUT2D eigenvalue weighted by Gasteiger charge is 2.26. The highest BCUT2D eigenvalue weighted by atomic mass is 16.6. The van der Waals surface area contributed by atoms with Crippen molar-refractivity contribution in [2.45, 2.75) is 39.2 Å². The molecule has 1 aliphatic carbocycles. The number of hydrogen-bond acceptors (Lipinski definition) is 4. The predicted molar refractivity (Wildman–Crippen MR) is 74.4 cm³/mol. The van der Waals surface area contributed by atoms with Crippen LogP contribution in [0.4, 0.5) is 5.69 Å². The van der Waals surface area contributed by atoms with Crippen LogP contribution < -0.4 is 4.74 Å². The Hall–Kier alpha value is -2.09. The quantitative estimate of drug-likeness (QED) is 0.622. The fraction of sp³-hybridized carbons (Fsp3) is 0.533. The van der Waals surface area contributed by atoms with Crippen LogP contribution in [0.2, 0.25) is 0 Å². The molecule has 0 spiro atoms. The molecule has 0 bridgehead atoms. The average molecular weight is 274 g/mol. The molecule has 0 heterocycles. The lowest BCUT2D eigenvalue weighted by molar-refractivity contribution is -0.385. The second kappa shape index (κ2) is 5.91. The van der Waals surface area contributed by atoms with Gasteiger partial charge < -0.3 is 4.74 Å². The third-order valence-electron chi connectivity index (χ3n) is 3.72. The smallest absolute Gasteiger partial charge is 0.290 e. The molecule has 5 heteroatoms. The van der Waals surface area contributed by atoms with E-state index in [1.54, 1.807) is 6.07 Å². The van der Waals surface area contributed by atoms with Crippen LogP contribution in [-0.4, -0.2) is 11.0 Å². The molecule has 1 saturated carbocycles. The van der Waals surface area contributed by atoms with Crippen molar-refractivity contribution >= 4 is 5.69 Å². The van der Waals surface area contributed by atoms with E-state index in [1.165, 1.54) is 18.6 Å². The predicted octanol–water partition coefficient (Wildman–Crippen LogP) is 3.67. The largest absolute Gasteiger partial charge is 0.490 e. The van der Waals surface area contributed by atoms with E-state index in [-0.39, 0.29) is 17.4 Å². The van der Waals surface area contributed by atoms with Gasteiger partial charge in [0, 0.05) is 0 Å². The van der Waals surface area contributed by atoms with Gasteiger partial charge in [-0.2, -0.15) is 5.26 Å². The molecule has 5 nitrogen and oxygen atoms in total. The molecule has 1 aromatic rings. The molecule has 1 aliphatic rings. The number of nitriles is 1. The number of ether oxygens (including phenoxy) is 1. The van der Waals surface area contributed by atoms with Crippen LogP contribution in [0.3, 0.4) is 0 Å². The molecule has 1 aromatic carbocycles. The van der Waals surface area contributed by atoms with E-state index in [1.807, 2.05) is 6.07 Å². The molecule has 1 fully saturated rings. The van der Waals surface area contributed by atoms with Crippen molar-refractivity contribution in [3.05, 3.63) is 33.9 Å². The van der Waals surface area contributed by atoms with Crippen LogP contribution in [0.5, 0.6) is 5.75 Å². The molecule has 106 valence electrons. The normalized spacial score (nSPS) is 25.8. The maximum Gasteiger partial charge on any atom is 0.290 e. The summed E-state index contributed by atoms with van der Waals surface area (Å²) in [7, 11) is 0. The summed E-state index contributed by atoms with van der Waals surface area (Å²) in [5.74, 6) is 1.69. The summed E-state index contributed by atoms with van der Waals surface area (Å²) < 4.78 is 5.87. The van der Waals surface area contributed by atoms with Gasteiger partial charge in [0.05, 0.1) is 17.1 Å². The molecule has 2 unspecified atom stereocenters. The molecular weight excluding hydrogens is 256 g/mol. The van der Waals surface area contributed by atoms with Crippen molar-refractivity contribution in [3.8, 4) is 11.8 Å². The topological polar surface area (TPSA) is 76.2 Å². The van der Waals surface area contributed by atoms with Gasteiger partial charge in [0.2, 0.25) is 0 Å². The Labute approximate surface area is 118 Å². The van der Waals surface area contributed by atoms with E-state index in [4.69, 9.17) is 10.00 Å². The summed E-state index contributed by atoms with van der Waals surface area (Å²) in [5, 5.41) is 19.8. The molecule has 0 saturated heterocycles. The summed E-state index contributed by atoms with van der Waals surface area (Å²) in [6.07, 6.45) is 3.24. The third kappa shape index (κ3) is 3.27. The highest BCUT2D eigenvalue weighted by molar-refractivity contribution is 5.52. The number of nitro groups is 1. The van der Waals surface area contributed by atoms with Crippen molar-refractivity contribution < 1.29 is 9.66 Å². The monoisotopic (exact) mass is 274 g/mol. The van der Waals surface area contributed by atoms with Gasteiger partial charge in [-0.1, -0.05) is 13.8 Å². The van der Waals surface area contributed by atoms with Crippen LogP contribution in [0, 0.1) is 33.3 Å². The number of rotatable bonds is 3. The Morgan fingerprint density at radius 2 is 1.95 bits per heavy atom. The fourth-order valence-electron chi connectivity index (χ4n) is 2.99. The Kier molecular flexibility index (Phi) is 4.23. The zero-order valence-electron chi connectivity index (χ0n) is 11.7.